The van der Waals surface area contributed by atoms with Crippen LogP contribution in [-0.4, -0.2) is 23.3 Å². The Hall–Kier alpha value is -1.16. The van der Waals surface area contributed by atoms with Crippen LogP contribution in [0.25, 0.3) is 0 Å². The fourth-order valence-corrected chi connectivity index (χ4v) is 1.79. The van der Waals surface area contributed by atoms with E-state index < -0.39 is 0 Å². The maximum atomic E-state index is 5.59. The molecule has 1 aromatic rings. The van der Waals surface area contributed by atoms with Crippen molar-refractivity contribution in [3.63, 3.8) is 0 Å². The predicted molar refractivity (Wildman–Crippen MR) is 55.7 cm³/mol. The van der Waals surface area contributed by atoms with Crippen molar-refractivity contribution in [3.8, 4) is 5.88 Å². The number of ether oxygens (including phenoxy) is 1. The molecule has 0 atom stereocenters. The number of nitrogens with one attached hydrogen (secondary N) is 1. The first-order valence-electron chi connectivity index (χ1n) is 5.61. The van der Waals surface area contributed by atoms with Gasteiger partial charge in [-0.05, 0) is 24.3 Å². The van der Waals surface area contributed by atoms with Gasteiger partial charge in [-0.2, -0.15) is 5.10 Å². The molecule has 0 amide bonds. The lowest BCUT2D eigenvalue weighted by molar-refractivity contribution is 0.284. The highest BCUT2D eigenvalue weighted by Crippen LogP contribution is 2.29. The molecule has 0 spiro atoms. The van der Waals surface area contributed by atoms with Crippen molar-refractivity contribution in [2.75, 3.05) is 13.2 Å². The monoisotopic (exact) mass is 205 g/mol. The topological polar surface area (TPSA) is 47.0 Å². The lowest BCUT2D eigenvalue weighted by Gasteiger charge is -2.15. The van der Waals surface area contributed by atoms with Gasteiger partial charge in [0.25, 0.3) is 0 Å². The Morgan fingerprint density at radius 1 is 1.40 bits per heavy atom. The summed E-state index contributed by atoms with van der Waals surface area (Å²) in [5.41, 5.74) is 2.36. The van der Waals surface area contributed by atoms with Gasteiger partial charge in [-0.1, -0.05) is 0 Å². The van der Waals surface area contributed by atoms with Crippen LogP contribution in [0.1, 0.15) is 24.1 Å². The molecule has 2 aliphatic rings. The molecule has 4 heteroatoms. The van der Waals surface area contributed by atoms with E-state index in [4.69, 9.17) is 4.74 Å². The van der Waals surface area contributed by atoms with Crippen LogP contribution in [0.15, 0.2) is 6.07 Å². The molecule has 2 heterocycles. The summed E-state index contributed by atoms with van der Waals surface area (Å²) in [6.45, 7) is 2.70. The van der Waals surface area contributed by atoms with Gasteiger partial charge < -0.3 is 10.1 Å². The molecule has 0 aromatic carbocycles. The van der Waals surface area contributed by atoms with E-state index in [2.05, 4.69) is 15.5 Å². The average Bonchev–Trinajstić information content (AvgIpc) is 3.10. The van der Waals surface area contributed by atoms with E-state index in [1.54, 1.807) is 0 Å². The zero-order valence-corrected chi connectivity index (χ0v) is 8.70. The molecular weight excluding hydrogens is 190 g/mol. The molecule has 1 fully saturated rings. The first-order valence-corrected chi connectivity index (χ1v) is 5.61. The van der Waals surface area contributed by atoms with Crippen molar-refractivity contribution in [3.05, 3.63) is 17.3 Å². The molecule has 0 unspecified atom stereocenters. The number of nitrogens with zero attached hydrogens (tertiary/aromatic N) is 2. The molecule has 1 aromatic heterocycles. The summed E-state index contributed by atoms with van der Waals surface area (Å²) in [6.07, 6.45) is 3.59. The minimum absolute atomic E-state index is 0.685. The second-order valence-electron chi connectivity index (χ2n) is 4.34. The summed E-state index contributed by atoms with van der Waals surface area (Å²) in [4.78, 5) is 0. The number of hydrogen-bond donors (Lipinski definition) is 1. The molecule has 0 bridgehead atoms. The van der Waals surface area contributed by atoms with Gasteiger partial charge in [0.2, 0.25) is 5.88 Å². The molecule has 1 saturated carbocycles. The van der Waals surface area contributed by atoms with Gasteiger partial charge in [-0.15, -0.1) is 5.10 Å². The maximum Gasteiger partial charge on any atom is 0.233 e. The van der Waals surface area contributed by atoms with E-state index in [1.165, 1.54) is 18.4 Å². The summed E-state index contributed by atoms with van der Waals surface area (Å²) in [5, 5.41) is 11.6. The second-order valence-corrected chi connectivity index (χ2v) is 4.34. The van der Waals surface area contributed by atoms with E-state index in [1.807, 2.05) is 6.07 Å². The zero-order valence-electron chi connectivity index (χ0n) is 8.70. The van der Waals surface area contributed by atoms with Gasteiger partial charge in [0.1, 0.15) is 0 Å². The first-order chi connectivity index (χ1) is 7.42. The number of fused-ring (bicyclic) bond motifs is 1. The fraction of sp³-hybridized carbons (Fsp3) is 0.636. The van der Waals surface area contributed by atoms with Crippen LogP contribution < -0.4 is 10.1 Å². The molecule has 0 saturated heterocycles. The third-order valence-electron chi connectivity index (χ3n) is 2.96. The van der Waals surface area contributed by atoms with Gasteiger partial charge in [-0.25, -0.2) is 0 Å². The smallest absolute Gasteiger partial charge is 0.233 e. The largest absolute Gasteiger partial charge is 0.476 e. The van der Waals surface area contributed by atoms with E-state index in [0.29, 0.717) is 5.88 Å². The van der Waals surface area contributed by atoms with Gasteiger partial charge in [0, 0.05) is 25.6 Å². The second kappa shape index (κ2) is 3.77. The maximum absolute atomic E-state index is 5.59. The van der Waals surface area contributed by atoms with Gasteiger partial charge in [0.05, 0.1) is 12.3 Å². The first kappa shape index (κ1) is 9.09. The minimum atomic E-state index is 0.685. The molecule has 0 radical (unpaired) electrons. The molecule has 15 heavy (non-hydrogen) atoms. The molecule has 1 N–H and O–H groups in total. The Morgan fingerprint density at radius 2 is 2.33 bits per heavy atom. The van der Waals surface area contributed by atoms with Crippen LogP contribution in [0.2, 0.25) is 0 Å². The van der Waals surface area contributed by atoms with Crippen LogP contribution in [0.5, 0.6) is 5.88 Å². The summed E-state index contributed by atoms with van der Waals surface area (Å²) >= 11 is 0. The van der Waals surface area contributed by atoms with Crippen molar-refractivity contribution >= 4 is 0 Å². The molecule has 80 valence electrons. The summed E-state index contributed by atoms with van der Waals surface area (Å²) in [7, 11) is 0. The molecule has 4 nitrogen and oxygen atoms in total. The molecular formula is C11H15N3O. The fourth-order valence-electron chi connectivity index (χ4n) is 1.79. The summed E-state index contributed by atoms with van der Waals surface area (Å²) in [5.74, 6) is 1.45. The van der Waals surface area contributed by atoms with Crippen LogP contribution >= 0.6 is 0 Å². The van der Waals surface area contributed by atoms with E-state index in [0.717, 1.165) is 37.7 Å². The predicted octanol–water partition coefficient (Wildman–Crippen LogP) is 0.911. The van der Waals surface area contributed by atoms with E-state index in [9.17, 15) is 0 Å². The molecule has 3 rings (SSSR count). The highest BCUT2D eigenvalue weighted by molar-refractivity contribution is 5.26. The van der Waals surface area contributed by atoms with Gasteiger partial charge in [-0.3, -0.25) is 0 Å². The van der Waals surface area contributed by atoms with Gasteiger partial charge in [0.15, 0.2) is 0 Å². The lowest BCUT2D eigenvalue weighted by Crippen LogP contribution is -2.25. The van der Waals surface area contributed by atoms with Crippen molar-refractivity contribution in [1.29, 1.82) is 0 Å². The van der Waals surface area contributed by atoms with Crippen molar-refractivity contribution < 1.29 is 4.74 Å². The quantitative estimate of drug-likeness (QED) is 0.796. The summed E-state index contributed by atoms with van der Waals surface area (Å²) < 4.78 is 5.59. The Morgan fingerprint density at radius 3 is 3.20 bits per heavy atom. The number of aromatic nitrogens is 2. The van der Waals surface area contributed by atoms with Crippen LogP contribution in [0, 0.1) is 5.92 Å². The normalized spacial score (nSPS) is 19.7. The average molecular weight is 205 g/mol. The van der Waals surface area contributed by atoms with Crippen molar-refractivity contribution in [2.24, 2.45) is 5.92 Å². The molecule has 1 aliphatic carbocycles. The molecule has 1 aliphatic heterocycles. The number of hydrogen-bond acceptors (Lipinski definition) is 4. The van der Waals surface area contributed by atoms with Crippen molar-refractivity contribution in [1.82, 2.24) is 15.5 Å². The zero-order chi connectivity index (χ0) is 10.1. The van der Waals surface area contributed by atoms with Gasteiger partial charge >= 0.3 is 0 Å². The Kier molecular flexibility index (Phi) is 2.29. The Labute approximate surface area is 89.0 Å². The third-order valence-corrected chi connectivity index (χ3v) is 2.96. The summed E-state index contributed by atoms with van der Waals surface area (Å²) in [6, 6.07) is 2.02. The number of rotatable bonds is 3. The van der Waals surface area contributed by atoms with Crippen LogP contribution in [-0.2, 0) is 13.0 Å². The van der Waals surface area contributed by atoms with E-state index >= 15 is 0 Å². The SMILES string of the molecule is c1c(OCC2CC2)nnc2c1CNCC2. The highest BCUT2D eigenvalue weighted by atomic mass is 16.5. The highest BCUT2D eigenvalue weighted by Gasteiger charge is 2.22. The Bertz CT molecular complexity index is 363. The Balaban J connectivity index is 1.71. The third kappa shape index (κ3) is 2.09. The van der Waals surface area contributed by atoms with E-state index in [-0.39, 0.29) is 0 Å². The lowest BCUT2D eigenvalue weighted by atomic mass is 10.1. The van der Waals surface area contributed by atoms with Crippen LogP contribution in [0.4, 0.5) is 0 Å². The standard InChI is InChI=1S/C11H15N3O/c1-2-8(1)7-15-11-5-9-6-12-4-3-10(9)13-14-11/h5,8,12H,1-4,6-7H2. The van der Waals surface area contributed by atoms with Crippen molar-refractivity contribution in [2.45, 2.75) is 25.8 Å². The van der Waals surface area contributed by atoms with Crippen LogP contribution in [0.3, 0.4) is 0 Å². The minimum Gasteiger partial charge on any atom is -0.476 e.